The molecular formula is C23H23NO3S. The normalized spacial score (nSPS) is 12.4. The average molecular weight is 394 g/mol. The van der Waals surface area contributed by atoms with Crippen molar-refractivity contribution in [3.63, 3.8) is 0 Å². The van der Waals surface area contributed by atoms with E-state index in [1.807, 2.05) is 32.9 Å². The summed E-state index contributed by atoms with van der Waals surface area (Å²) in [5, 5.41) is 10.6. The van der Waals surface area contributed by atoms with E-state index in [0.29, 0.717) is 11.3 Å². The summed E-state index contributed by atoms with van der Waals surface area (Å²) in [6.07, 6.45) is 1.50. The lowest BCUT2D eigenvalue weighted by molar-refractivity contribution is 0.446. The van der Waals surface area contributed by atoms with Crippen molar-refractivity contribution in [1.29, 1.82) is 0 Å². The lowest BCUT2D eigenvalue weighted by Crippen LogP contribution is -2.11. The summed E-state index contributed by atoms with van der Waals surface area (Å²) in [4.78, 5) is 4.73. The van der Waals surface area contributed by atoms with Crippen LogP contribution in [0.3, 0.4) is 0 Å². The predicted octanol–water partition coefficient (Wildman–Crippen LogP) is 5.27. The molecule has 0 saturated carbocycles. The minimum atomic E-state index is -3.69. The van der Waals surface area contributed by atoms with E-state index < -0.39 is 9.84 Å². The number of rotatable bonds is 4. The highest BCUT2D eigenvalue weighted by molar-refractivity contribution is 7.91. The number of nitrogens with zero attached hydrogens (tertiary/aromatic N) is 1. The van der Waals surface area contributed by atoms with E-state index in [0.717, 1.165) is 5.56 Å². The molecular weight excluding hydrogens is 370 g/mol. The first-order chi connectivity index (χ1) is 13.2. The van der Waals surface area contributed by atoms with Crippen LogP contribution in [0.5, 0.6) is 5.75 Å². The van der Waals surface area contributed by atoms with Gasteiger partial charge in [0.2, 0.25) is 9.84 Å². The SMILES string of the molecule is CC(C)(C)c1cccc(C=Nc2ccccc2S(=O)(=O)c2ccccc2)c1O. The topological polar surface area (TPSA) is 66.7 Å². The van der Waals surface area contributed by atoms with Crippen molar-refractivity contribution < 1.29 is 13.5 Å². The number of phenolic OH excluding ortho intramolecular Hbond substituents is 1. The number of para-hydroxylation sites is 2. The van der Waals surface area contributed by atoms with Gasteiger partial charge in [-0.1, -0.05) is 63.2 Å². The lowest BCUT2D eigenvalue weighted by atomic mass is 9.85. The van der Waals surface area contributed by atoms with Gasteiger partial charge in [0.1, 0.15) is 5.75 Å². The monoisotopic (exact) mass is 393 g/mol. The van der Waals surface area contributed by atoms with Crippen molar-refractivity contribution in [3.8, 4) is 5.75 Å². The molecule has 3 aromatic carbocycles. The highest BCUT2D eigenvalue weighted by Crippen LogP contribution is 2.33. The molecule has 1 N–H and O–H groups in total. The van der Waals surface area contributed by atoms with Crippen molar-refractivity contribution in [2.45, 2.75) is 36.0 Å². The quantitative estimate of drug-likeness (QED) is 0.614. The van der Waals surface area contributed by atoms with Gasteiger partial charge in [0.25, 0.3) is 0 Å². The number of phenols is 1. The summed E-state index contributed by atoms with van der Waals surface area (Å²) in [7, 11) is -3.69. The first-order valence-electron chi connectivity index (χ1n) is 8.97. The Hall–Kier alpha value is -2.92. The fraction of sp³-hybridized carbons (Fsp3) is 0.174. The molecule has 0 spiro atoms. The van der Waals surface area contributed by atoms with Gasteiger partial charge in [0, 0.05) is 11.8 Å². The first-order valence-corrected chi connectivity index (χ1v) is 10.5. The zero-order valence-electron chi connectivity index (χ0n) is 16.1. The van der Waals surface area contributed by atoms with Gasteiger partial charge >= 0.3 is 0 Å². The standard InChI is InChI=1S/C23H23NO3S/c1-23(2,3)19-13-9-10-17(22(19)25)16-24-20-14-7-8-15-21(20)28(26,27)18-11-5-4-6-12-18/h4-16,25H,1-3H3. The molecule has 0 aromatic heterocycles. The van der Waals surface area contributed by atoms with Gasteiger partial charge in [-0.15, -0.1) is 0 Å². The number of benzene rings is 3. The third-order valence-corrected chi connectivity index (χ3v) is 6.24. The molecule has 0 aliphatic heterocycles. The number of aliphatic imine (C=N–C) groups is 1. The molecule has 28 heavy (non-hydrogen) atoms. The smallest absolute Gasteiger partial charge is 0.208 e. The molecule has 5 heteroatoms. The summed E-state index contributed by atoms with van der Waals surface area (Å²) in [6.45, 7) is 6.06. The van der Waals surface area contributed by atoms with E-state index in [1.54, 1.807) is 60.7 Å². The van der Waals surface area contributed by atoms with Crippen molar-refractivity contribution in [2.75, 3.05) is 0 Å². The Kier molecular flexibility index (Phi) is 5.38. The molecule has 0 bridgehead atoms. The molecule has 3 rings (SSSR count). The van der Waals surface area contributed by atoms with Crippen LogP contribution in [0.15, 0.2) is 87.6 Å². The second kappa shape index (κ2) is 7.60. The average Bonchev–Trinajstić information content (AvgIpc) is 2.67. The summed E-state index contributed by atoms with van der Waals surface area (Å²) >= 11 is 0. The number of hydrogen-bond donors (Lipinski definition) is 1. The first kappa shape index (κ1) is 19.8. The summed E-state index contributed by atoms with van der Waals surface area (Å²) in [5.41, 5.74) is 1.45. The van der Waals surface area contributed by atoms with Crippen LogP contribution in [0.25, 0.3) is 0 Å². The molecule has 0 atom stereocenters. The molecule has 144 valence electrons. The maximum Gasteiger partial charge on any atom is 0.208 e. The Morgan fingerprint density at radius 2 is 1.50 bits per heavy atom. The van der Waals surface area contributed by atoms with Gasteiger partial charge in [-0.25, -0.2) is 8.42 Å². The Morgan fingerprint density at radius 1 is 0.857 bits per heavy atom. The fourth-order valence-electron chi connectivity index (χ4n) is 2.93. The highest BCUT2D eigenvalue weighted by Gasteiger charge is 2.21. The lowest BCUT2D eigenvalue weighted by Gasteiger charge is -2.21. The minimum Gasteiger partial charge on any atom is -0.507 e. The van der Waals surface area contributed by atoms with Crippen LogP contribution in [-0.4, -0.2) is 19.7 Å². The van der Waals surface area contributed by atoms with Crippen molar-refractivity contribution in [2.24, 2.45) is 4.99 Å². The van der Waals surface area contributed by atoms with Gasteiger partial charge in [-0.3, -0.25) is 4.99 Å². The molecule has 0 heterocycles. The summed E-state index contributed by atoms with van der Waals surface area (Å²) in [5.74, 6) is 0.155. The molecule has 0 unspecified atom stereocenters. The van der Waals surface area contributed by atoms with Gasteiger partial charge in [-0.2, -0.15) is 0 Å². The number of sulfone groups is 1. The van der Waals surface area contributed by atoms with E-state index in [2.05, 4.69) is 4.99 Å². The second-order valence-electron chi connectivity index (χ2n) is 7.54. The third-order valence-electron chi connectivity index (χ3n) is 4.43. The van der Waals surface area contributed by atoms with Crippen LogP contribution in [0.4, 0.5) is 5.69 Å². The number of hydrogen-bond acceptors (Lipinski definition) is 4. The van der Waals surface area contributed by atoms with Crippen LogP contribution in [0, 0.1) is 0 Å². The molecule has 4 nitrogen and oxygen atoms in total. The molecule has 0 aliphatic carbocycles. The maximum absolute atomic E-state index is 13.0. The van der Waals surface area contributed by atoms with Crippen LogP contribution in [0.1, 0.15) is 31.9 Å². The Labute approximate surface area is 166 Å². The van der Waals surface area contributed by atoms with Gasteiger partial charge < -0.3 is 5.11 Å². The van der Waals surface area contributed by atoms with E-state index in [-0.39, 0.29) is 21.0 Å². The second-order valence-corrected chi connectivity index (χ2v) is 9.45. The van der Waals surface area contributed by atoms with Gasteiger partial charge in [0.15, 0.2) is 0 Å². The van der Waals surface area contributed by atoms with Crippen LogP contribution in [-0.2, 0) is 15.3 Å². The Balaban J connectivity index is 2.05. The Morgan fingerprint density at radius 3 is 2.18 bits per heavy atom. The fourth-order valence-corrected chi connectivity index (χ4v) is 4.35. The molecule has 0 radical (unpaired) electrons. The highest BCUT2D eigenvalue weighted by atomic mass is 32.2. The van der Waals surface area contributed by atoms with Crippen LogP contribution >= 0.6 is 0 Å². The zero-order valence-corrected chi connectivity index (χ0v) is 16.9. The molecule has 0 amide bonds. The summed E-state index contributed by atoms with van der Waals surface area (Å²) in [6, 6.07) is 20.4. The maximum atomic E-state index is 13.0. The van der Waals surface area contributed by atoms with E-state index in [1.165, 1.54) is 6.21 Å². The summed E-state index contributed by atoms with van der Waals surface area (Å²) < 4.78 is 26.0. The van der Waals surface area contributed by atoms with E-state index >= 15 is 0 Å². The van der Waals surface area contributed by atoms with Crippen molar-refractivity contribution >= 4 is 21.7 Å². The molecule has 0 saturated heterocycles. The van der Waals surface area contributed by atoms with Gasteiger partial charge in [0.05, 0.1) is 15.5 Å². The van der Waals surface area contributed by atoms with E-state index in [9.17, 15) is 13.5 Å². The van der Waals surface area contributed by atoms with E-state index in [4.69, 9.17) is 0 Å². The third kappa shape index (κ3) is 3.99. The minimum absolute atomic E-state index is 0.129. The van der Waals surface area contributed by atoms with Crippen molar-refractivity contribution in [1.82, 2.24) is 0 Å². The molecule has 0 fully saturated rings. The van der Waals surface area contributed by atoms with Crippen molar-refractivity contribution in [3.05, 3.63) is 83.9 Å². The largest absolute Gasteiger partial charge is 0.507 e. The number of aromatic hydroxyl groups is 1. The van der Waals surface area contributed by atoms with Gasteiger partial charge in [-0.05, 0) is 41.3 Å². The van der Waals surface area contributed by atoms with Crippen LogP contribution < -0.4 is 0 Å². The molecule has 0 aliphatic rings. The molecule has 3 aromatic rings. The Bertz CT molecular complexity index is 1110. The zero-order chi connectivity index (χ0) is 20.4. The predicted molar refractivity (Wildman–Crippen MR) is 112 cm³/mol. The van der Waals surface area contributed by atoms with Crippen LogP contribution in [0.2, 0.25) is 0 Å².